The van der Waals surface area contributed by atoms with Crippen molar-refractivity contribution in [3.63, 3.8) is 0 Å². The Bertz CT molecular complexity index is 671. The van der Waals surface area contributed by atoms with Gasteiger partial charge in [0.2, 0.25) is 11.0 Å². The Morgan fingerprint density at radius 3 is 2.41 bits per heavy atom. The lowest BCUT2D eigenvalue weighted by molar-refractivity contribution is -0.116. The van der Waals surface area contributed by atoms with E-state index in [2.05, 4.69) is 49.3 Å². The highest BCUT2D eigenvalue weighted by molar-refractivity contribution is 7.18. The van der Waals surface area contributed by atoms with Gasteiger partial charge in [-0.25, -0.2) is 0 Å². The molecule has 0 aliphatic heterocycles. The van der Waals surface area contributed by atoms with Crippen molar-refractivity contribution in [2.45, 2.75) is 40.5 Å². The molecule has 118 valence electrons. The van der Waals surface area contributed by atoms with Gasteiger partial charge in [-0.2, -0.15) is 0 Å². The molecule has 2 aromatic rings. The van der Waals surface area contributed by atoms with E-state index >= 15 is 0 Å². The standard InChI is InChI=1S/C16H20ClN3OS/c1-9-8-10(2)12(4)14(11(9)3)15-19-20-16(22-15)18-13(21)6-5-7-17/h8H,5-7H2,1-4H3,(H,18,20,21). The smallest absolute Gasteiger partial charge is 0.226 e. The fourth-order valence-electron chi connectivity index (χ4n) is 2.32. The van der Waals surface area contributed by atoms with Crippen LogP contribution in [0.1, 0.15) is 35.1 Å². The van der Waals surface area contributed by atoms with E-state index in [0.717, 1.165) is 10.6 Å². The minimum Gasteiger partial charge on any atom is -0.301 e. The predicted octanol–water partition coefficient (Wildman–Crippen LogP) is 4.40. The van der Waals surface area contributed by atoms with E-state index in [0.29, 0.717) is 23.9 Å². The molecule has 6 heteroatoms. The van der Waals surface area contributed by atoms with Crippen LogP contribution in [0.3, 0.4) is 0 Å². The Balaban J connectivity index is 2.27. The van der Waals surface area contributed by atoms with Crippen LogP contribution in [-0.4, -0.2) is 22.0 Å². The van der Waals surface area contributed by atoms with Crippen LogP contribution < -0.4 is 5.32 Å². The number of hydrogen-bond donors (Lipinski definition) is 1. The second kappa shape index (κ2) is 7.20. The van der Waals surface area contributed by atoms with E-state index in [9.17, 15) is 4.79 Å². The van der Waals surface area contributed by atoms with Crippen molar-refractivity contribution in [2.24, 2.45) is 0 Å². The molecule has 1 aromatic heterocycles. The Hall–Kier alpha value is -1.46. The molecule has 0 radical (unpaired) electrons. The molecule has 0 unspecified atom stereocenters. The highest BCUT2D eigenvalue weighted by Gasteiger charge is 2.16. The first-order chi connectivity index (χ1) is 10.4. The molecule has 22 heavy (non-hydrogen) atoms. The van der Waals surface area contributed by atoms with Gasteiger partial charge >= 0.3 is 0 Å². The van der Waals surface area contributed by atoms with Crippen molar-refractivity contribution in [2.75, 3.05) is 11.2 Å². The summed E-state index contributed by atoms with van der Waals surface area (Å²) in [5, 5.41) is 12.5. The van der Waals surface area contributed by atoms with Gasteiger partial charge in [0.1, 0.15) is 5.01 Å². The van der Waals surface area contributed by atoms with Crippen LogP contribution >= 0.6 is 22.9 Å². The van der Waals surface area contributed by atoms with Crippen LogP contribution in [-0.2, 0) is 4.79 Å². The van der Waals surface area contributed by atoms with Crippen molar-refractivity contribution < 1.29 is 4.79 Å². The van der Waals surface area contributed by atoms with Crippen molar-refractivity contribution in [3.8, 4) is 10.6 Å². The van der Waals surface area contributed by atoms with Gasteiger partial charge in [0.15, 0.2) is 0 Å². The molecule has 0 aliphatic carbocycles. The van der Waals surface area contributed by atoms with Crippen LogP contribution in [0.5, 0.6) is 0 Å². The van der Waals surface area contributed by atoms with E-state index in [1.165, 1.54) is 33.6 Å². The maximum Gasteiger partial charge on any atom is 0.226 e. The second-order valence-electron chi connectivity index (χ2n) is 5.39. The highest BCUT2D eigenvalue weighted by atomic mass is 35.5. The number of alkyl halides is 1. The van der Waals surface area contributed by atoms with Gasteiger partial charge in [-0.15, -0.1) is 21.8 Å². The molecule has 1 heterocycles. The first-order valence-corrected chi connectivity index (χ1v) is 8.56. The minimum absolute atomic E-state index is 0.0720. The van der Waals surface area contributed by atoms with Gasteiger partial charge in [-0.1, -0.05) is 17.4 Å². The van der Waals surface area contributed by atoms with Crippen molar-refractivity contribution in [1.29, 1.82) is 0 Å². The van der Waals surface area contributed by atoms with Crippen LogP contribution in [0.2, 0.25) is 0 Å². The molecule has 0 fully saturated rings. The van der Waals surface area contributed by atoms with Crippen molar-refractivity contribution in [3.05, 3.63) is 28.3 Å². The molecular formula is C16H20ClN3OS. The lowest BCUT2D eigenvalue weighted by atomic mass is 9.95. The van der Waals surface area contributed by atoms with Gasteiger partial charge in [0.05, 0.1) is 0 Å². The number of nitrogens with zero attached hydrogens (tertiary/aromatic N) is 2. The number of benzene rings is 1. The summed E-state index contributed by atoms with van der Waals surface area (Å²) in [7, 11) is 0. The lowest BCUT2D eigenvalue weighted by Gasteiger charge is -2.12. The molecule has 2 rings (SSSR count). The van der Waals surface area contributed by atoms with E-state index in [-0.39, 0.29) is 5.91 Å². The fraction of sp³-hybridized carbons (Fsp3) is 0.438. The van der Waals surface area contributed by atoms with E-state index in [1.54, 1.807) is 0 Å². The summed E-state index contributed by atoms with van der Waals surface area (Å²) in [6.07, 6.45) is 1.06. The zero-order valence-corrected chi connectivity index (χ0v) is 14.9. The van der Waals surface area contributed by atoms with Crippen molar-refractivity contribution >= 4 is 34.0 Å². The first-order valence-electron chi connectivity index (χ1n) is 7.21. The van der Waals surface area contributed by atoms with Gasteiger partial charge < -0.3 is 5.32 Å². The Labute approximate surface area is 139 Å². The summed E-state index contributed by atoms with van der Waals surface area (Å²) < 4.78 is 0. The average molecular weight is 338 g/mol. The fourth-order valence-corrected chi connectivity index (χ4v) is 3.37. The topological polar surface area (TPSA) is 54.9 Å². The normalized spacial score (nSPS) is 10.8. The number of rotatable bonds is 5. The second-order valence-corrected chi connectivity index (χ2v) is 6.74. The molecule has 0 bridgehead atoms. The largest absolute Gasteiger partial charge is 0.301 e. The quantitative estimate of drug-likeness (QED) is 0.823. The number of carbonyl (C=O) groups excluding carboxylic acids is 1. The predicted molar refractivity (Wildman–Crippen MR) is 92.9 cm³/mol. The first kappa shape index (κ1) is 16.9. The lowest BCUT2D eigenvalue weighted by Crippen LogP contribution is -2.10. The molecule has 0 aliphatic rings. The SMILES string of the molecule is Cc1cc(C)c(C)c(-c2nnc(NC(=O)CCCCl)s2)c1C. The minimum atomic E-state index is -0.0720. The summed E-state index contributed by atoms with van der Waals surface area (Å²) in [6, 6.07) is 2.18. The number of anilines is 1. The summed E-state index contributed by atoms with van der Waals surface area (Å²) in [5.41, 5.74) is 6.01. The molecule has 0 saturated heterocycles. The van der Waals surface area contributed by atoms with Crippen molar-refractivity contribution in [1.82, 2.24) is 10.2 Å². The van der Waals surface area contributed by atoms with E-state index < -0.39 is 0 Å². The Morgan fingerprint density at radius 2 is 1.82 bits per heavy atom. The van der Waals surface area contributed by atoms with E-state index in [4.69, 9.17) is 11.6 Å². The summed E-state index contributed by atoms with van der Waals surface area (Å²) in [4.78, 5) is 11.7. The third-order valence-electron chi connectivity index (χ3n) is 3.79. The van der Waals surface area contributed by atoms with Crippen LogP contribution in [0.15, 0.2) is 6.07 Å². The average Bonchev–Trinajstić information content (AvgIpc) is 2.91. The molecule has 1 amide bonds. The number of carbonyl (C=O) groups is 1. The molecule has 0 spiro atoms. The van der Waals surface area contributed by atoms with Gasteiger partial charge in [-0.05, 0) is 56.4 Å². The van der Waals surface area contributed by atoms with Crippen LogP contribution in [0, 0.1) is 27.7 Å². The number of hydrogen-bond acceptors (Lipinski definition) is 4. The molecular weight excluding hydrogens is 318 g/mol. The number of halogens is 1. The summed E-state index contributed by atoms with van der Waals surface area (Å²) >= 11 is 7.00. The number of aryl methyl sites for hydroxylation is 2. The Kier molecular flexibility index (Phi) is 5.53. The zero-order valence-electron chi connectivity index (χ0n) is 13.3. The van der Waals surface area contributed by atoms with Gasteiger partial charge in [-0.3, -0.25) is 4.79 Å². The molecule has 4 nitrogen and oxygen atoms in total. The van der Waals surface area contributed by atoms with E-state index in [1.807, 2.05) is 0 Å². The molecule has 1 N–H and O–H groups in total. The van der Waals surface area contributed by atoms with Crippen LogP contribution in [0.4, 0.5) is 5.13 Å². The third-order valence-corrected chi connectivity index (χ3v) is 4.91. The summed E-state index contributed by atoms with van der Waals surface area (Å²) in [5.74, 6) is 0.410. The monoisotopic (exact) mass is 337 g/mol. The molecule has 0 atom stereocenters. The van der Waals surface area contributed by atoms with Crippen LogP contribution in [0.25, 0.3) is 10.6 Å². The maximum atomic E-state index is 11.7. The molecule has 1 aromatic carbocycles. The third kappa shape index (κ3) is 3.65. The molecule has 0 saturated carbocycles. The maximum absolute atomic E-state index is 11.7. The Morgan fingerprint density at radius 1 is 1.18 bits per heavy atom. The highest BCUT2D eigenvalue weighted by Crippen LogP contribution is 2.34. The number of nitrogens with one attached hydrogen (secondary N) is 1. The van der Waals surface area contributed by atoms with Gasteiger partial charge in [0.25, 0.3) is 0 Å². The number of aromatic nitrogens is 2. The zero-order chi connectivity index (χ0) is 16.3. The van der Waals surface area contributed by atoms with Gasteiger partial charge in [0, 0.05) is 17.9 Å². The summed E-state index contributed by atoms with van der Waals surface area (Å²) in [6.45, 7) is 8.39. The number of amides is 1.